The molecule has 0 atom stereocenters. The summed E-state index contributed by atoms with van der Waals surface area (Å²) in [4.78, 5) is 11.4. The molecule has 1 aromatic heterocycles. The first kappa shape index (κ1) is 16.5. The van der Waals surface area contributed by atoms with Crippen molar-refractivity contribution in [1.82, 2.24) is 9.78 Å². The van der Waals surface area contributed by atoms with Gasteiger partial charge in [0.2, 0.25) is 0 Å². The van der Waals surface area contributed by atoms with Crippen LogP contribution in [0, 0.1) is 5.82 Å². The zero-order valence-electron chi connectivity index (χ0n) is 11.9. The monoisotopic (exact) mass is 365 g/mol. The zero-order valence-corrected chi connectivity index (χ0v) is 12.6. The Kier molecular flexibility index (Phi) is 3.68. The van der Waals surface area contributed by atoms with E-state index in [-0.39, 0.29) is 16.5 Å². The number of ether oxygens (including phenoxy) is 1. The molecule has 0 saturated carbocycles. The Morgan fingerprint density at radius 3 is 2.62 bits per heavy atom. The number of amides is 1. The molecule has 0 radical (unpaired) electrons. The van der Waals surface area contributed by atoms with Crippen molar-refractivity contribution >= 4 is 23.2 Å². The van der Waals surface area contributed by atoms with E-state index >= 15 is 0 Å². The summed E-state index contributed by atoms with van der Waals surface area (Å²) in [6.45, 7) is -0.495. The van der Waals surface area contributed by atoms with Gasteiger partial charge in [-0.05, 0) is 6.07 Å². The lowest BCUT2D eigenvalue weighted by Gasteiger charge is -2.24. The first-order chi connectivity index (χ1) is 11.1. The Bertz CT molecular complexity index is 850. The van der Waals surface area contributed by atoms with Gasteiger partial charge in [0.15, 0.2) is 12.3 Å². The molecule has 0 fully saturated rings. The van der Waals surface area contributed by atoms with E-state index in [2.05, 4.69) is 5.10 Å². The third-order valence-electron chi connectivity index (χ3n) is 3.38. The number of aromatic nitrogens is 2. The van der Waals surface area contributed by atoms with Gasteiger partial charge in [-0.25, -0.2) is 4.39 Å². The van der Waals surface area contributed by atoms with Gasteiger partial charge in [0.05, 0.1) is 5.02 Å². The highest BCUT2D eigenvalue weighted by Gasteiger charge is 2.39. The molecule has 1 aliphatic heterocycles. The second-order valence-electron chi connectivity index (χ2n) is 4.93. The Balaban J connectivity index is 2.20. The number of carbonyl (C=O) groups is 1. The SMILES string of the molecule is Cn1nc(-c2cc3c(cc2F)OCC(=O)N3O)c(Cl)c1C(F)(F)F. The first-order valence-corrected chi connectivity index (χ1v) is 6.77. The van der Waals surface area contributed by atoms with Gasteiger partial charge in [-0.3, -0.25) is 14.7 Å². The number of nitrogens with zero attached hydrogens (tertiary/aromatic N) is 3. The van der Waals surface area contributed by atoms with Crippen LogP contribution in [0.1, 0.15) is 5.69 Å². The van der Waals surface area contributed by atoms with E-state index in [1.807, 2.05) is 0 Å². The van der Waals surface area contributed by atoms with E-state index in [9.17, 15) is 27.6 Å². The number of aryl methyl sites for hydroxylation is 1. The normalized spacial score (nSPS) is 14.6. The second-order valence-corrected chi connectivity index (χ2v) is 5.30. The van der Waals surface area contributed by atoms with Crippen molar-refractivity contribution in [2.75, 3.05) is 11.7 Å². The molecule has 1 aromatic carbocycles. The summed E-state index contributed by atoms with van der Waals surface area (Å²) in [5.41, 5.74) is -2.36. The zero-order chi connectivity index (χ0) is 17.8. The van der Waals surface area contributed by atoms with E-state index in [1.54, 1.807) is 0 Å². The third kappa shape index (κ3) is 2.47. The fourth-order valence-electron chi connectivity index (χ4n) is 2.32. The molecule has 3 rings (SSSR count). The Morgan fingerprint density at radius 1 is 1.38 bits per heavy atom. The summed E-state index contributed by atoms with van der Waals surface area (Å²) < 4.78 is 58.6. The van der Waals surface area contributed by atoms with Crippen LogP contribution >= 0.6 is 11.6 Å². The predicted octanol–water partition coefficient (Wildman–Crippen LogP) is 3.01. The van der Waals surface area contributed by atoms with E-state index in [4.69, 9.17) is 16.3 Å². The lowest BCUT2D eigenvalue weighted by atomic mass is 10.1. The molecule has 0 aliphatic carbocycles. The lowest BCUT2D eigenvalue weighted by Crippen LogP contribution is -2.36. The van der Waals surface area contributed by atoms with Crippen molar-refractivity contribution in [2.45, 2.75) is 6.18 Å². The molecule has 6 nitrogen and oxygen atoms in total. The van der Waals surface area contributed by atoms with Crippen LogP contribution < -0.4 is 9.80 Å². The fourth-order valence-corrected chi connectivity index (χ4v) is 2.69. The van der Waals surface area contributed by atoms with Gasteiger partial charge in [-0.1, -0.05) is 11.6 Å². The Labute approximate surface area is 136 Å². The molecule has 0 bridgehead atoms. The van der Waals surface area contributed by atoms with Crippen molar-refractivity contribution in [3.05, 3.63) is 28.7 Å². The van der Waals surface area contributed by atoms with Crippen LogP contribution in [0.25, 0.3) is 11.3 Å². The number of halogens is 5. The smallest absolute Gasteiger partial charge is 0.434 e. The number of carbonyl (C=O) groups excluding carboxylic acids is 1. The van der Waals surface area contributed by atoms with E-state index in [0.29, 0.717) is 4.68 Å². The van der Waals surface area contributed by atoms with Crippen LogP contribution in [0.5, 0.6) is 5.75 Å². The van der Waals surface area contributed by atoms with E-state index in [0.717, 1.165) is 19.2 Å². The molecule has 0 unspecified atom stereocenters. The second kappa shape index (κ2) is 5.35. The van der Waals surface area contributed by atoms with Crippen molar-refractivity contribution in [3.8, 4) is 17.0 Å². The summed E-state index contributed by atoms with van der Waals surface area (Å²) in [6, 6.07) is 1.77. The lowest BCUT2D eigenvalue weighted by molar-refractivity contribution is -0.143. The number of benzene rings is 1. The van der Waals surface area contributed by atoms with Crippen LogP contribution in [0.4, 0.5) is 23.2 Å². The number of hydroxylamine groups is 1. The van der Waals surface area contributed by atoms with Gasteiger partial charge in [0, 0.05) is 18.7 Å². The molecule has 0 saturated heterocycles. The average molecular weight is 366 g/mol. The number of anilines is 1. The topological polar surface area (TPSA) is 67.6 Å². The molecule has 24 heavy (non-hydrogen) atoms. The maximum atomic E-state index is 14.3. The van der Waals surface area contributed by atoms with Gasteiger partial charge in [-0.15, -0.1) is 0 Å². The number of hydrogen-bond donors (Lipinski definition) is 1. The van der Waals surface area contributed by atoms with E-state index < -0.39 is 46.5 Å². The molecular formula is C13H8ClF4N3O3. The molecule has 2 heterocycles. The van der Waals surface area contributed by atoms with Crippen LogP contribution in [-0.2, 0) is 18.0 Å². The Morgan fingerprint density at radius 2 is 2.04 bits per heavy atom. The first-order valence-electron chi connectivity index (χ1n) is 6.39. The summed E-state index contributed by atoms with van der Waals surface area (Å²) in [7, 11) is 1.01. The molecule has 2 aromatic rings. The van der Waals surface area contributed by atoms with Crippen LogP contribution in [0.3, 0.4) is 0 Å². The van der Waals surface area contributed by atoms with Crippen molar-refractivity contribution in [2.24, 2.45) is 7.05 Å². The average Bonchev–Trinajstić information content (AvgIpc) is 2.77. The highest BCUT2D eigenvalue weighted by atomic mass is 35.5. The number of fused-ring (bicyclic) bond motifs is 1. The molecule has 1 aliphatic rings. The van der Waals surface area contributed by atoms with Gasteiger partial charge in [-0.2, -0.15) is 23.3 Å². The molecule has 128 valence electrons. The van der Waals surface area contributed by atoms with Gasteiger partial charge in [0.1, 0.15) is 22.9 Å². The third-order valence-corrected chi connectivity index (χ3v) is 3.74. The summed E-state index contributed by atoms with van der Waals surface area (Å²) in [6.07, 6.45) is -4.79. The number of alkyl halides is 3. The van der Waals surface area contributed by atoms with Crippen LogP contribution in [0.15, 0.2) is 12.1 Å². The van der Waals surface area contributed by atoms with Crippen molar-refractivity contribution in [1.29, 1.82) is 0 Å². The minimum absolute atomic E-state index is 0.138. The maximum Gasteiger partial charge on any atom is 0.434 e. The highest BCUT2D eigenvalue weighted by Crippen LogP contribution is 2.43. The summed E-state index contributed by atoms with van der Waals surface area (Å²) in [5, 5.41) is 12.7. The minimum atomic E-state index is -4.79. The molecule has 1 N–H and O–H groups in total. The van der Waals surface area contributed by atoms with Crippen LogP contribution in [-0.4, -0.2) is 27.5 Å². The Hall–Kier alpha value is -2.33. The number of rotatable bonds is 1. The van der Waals surface area contributed by atoms with Gasteiger partial charge in [0.25, 0.3) is 5.91 Å². The van der Waals surface area contributed by atoms with Gasteiger partial charge >= 0.3 is 6.18 Å². The maximum absolute atomic E-state index is 14.3. The molecule has 11 heteroatoms. The molecule has 1 amide bonds. The highest BCUT2D eigenvalue weighted by molar-refractivity contribution is 6.33. The standard InChI is InChI=1S/C13H8ClF4N3O3/c1-20-12(13(16,17)18)10(14)11(19-20)5-2-7-8(3-6(5)15)24-4-9(22)21(7)23/h2-3,23H,4H2,1H3. The molecular weight excluding hydrogens is 358 g/mol. The summed E-state index contributed by atoms with van der Waals surface area (Å²) >= 11 is 5.72. The van der Waals surface area contributed by atoms with Crippen molar-refractivity contribution < 1.29 is 32.3 Å². The molecule has 0 spiro atoms. The number of hydrogen-bond acceptors (Lipinski definition) is 4. The van der Waals surface area contributed by atoms with Gasteiger partial charge < -0.3 is 4.74 Å². The van der Waals surface area contributed by atoms with E-state index in [1.165, 1.54) is 0 Å². The summed E-state index contributed by atoms with van der Waals surface area (Å²) in [5.74, 6) is -1.92. The quantitative estimate of drug-likeness (QED) is 0.623. The predicted molar refractivity (Wildman–Crippen MR) is 73.4 cm³/mol. The van der Waals surface area contributed by atoms with Crippen LogP contribution in [0.2, 0.25) is 5.02 Å². The fraction of sp³-hybridized carbons (Fsp3) is 0.231. The van der Waals surface area contributed by atoms with Crippen molar-refractivity contribution in [3.63, 3.8) is 0 Å². The largest absolute Gasteiger partial charge is 0.481 e. The minimum Gasteiger partial charge on any atom is -0.481 e.